The number of aromatic nitrogens is 1. The van der Waals surface area contributed by atoms with E-state index in [2.05, 4.69) is 9.88 Å². The Morgan fingerprint density at radius 3 is 2.28 bits per heavy atom. The first-order valence-electron chi connectivity index (χ1n) is 11.6. The van der Waals surface area contributed by atoms with Gasteiger partial charge in [0.1, 0.15) is 0 Å². The first-order valence-corrected chi connectivity index (χ1v) is 13.1. The molecule has 10 heteroatoms. The van der Waals surface area contributed by atoms with Gasteiger partial charge in [-0.3, -0.25) is 9.88 Å². The van der Waals surface area contributed by atoms with E-state index >= 15 is 0 Å². The zero-order valence-corrected chi connectivity index (χ0v) is 20.6. The van der Waals surface area contributed by atoms with E-state index < -0.39 is 21.8 Å². The maximum Gasteiger partial charge on any atom is 0.416 e. The molecule has 2 heterocycles. The van der Waals surface area contributed by atoms with E-state index in [0.717, 1.165) is 54.8 Å². The number of sulfonamides is 1. The van der Waals surface area contributed by atoms with Crippen molar-refractivity contribution in [2.45, 2.75) is 50.1 Å². The number of rotatable bonds is 7. The molecule has 0 aliphatic carbocycles. The average Bonchev–Trinajstić information content (AvgIpc) is 2.83. The first kappa shape index (κ1) is 26.3. The number of halogens is 3. The highest BCUT2D eigenvalue weighted by Crippen LogP contribution is 2.30. The summed E-state index contributed by atoms with van der Waals surface area (Å²) in [5.74, 6) is 0. The van der Waals surface area contributed by atoms with Crippen LogP contribution in [0, 0.1) is 6.92 Å². The molecule has 0 atom stereocenters. The number of ether oxygens (including phenoxy) is 1. The highest BCUT2D eigenvalue weighted by Gasteiger charge is 2.30. The van der Waals surface area contributed by atoms with Crippen LogP contribution in [-0.4, -0.2) is 37.5 Å². The summed E-state index contributed by atoms with van der Waals surface area (Å²) >= 11 is 0. The zero-order chi connectivity index (χ0) is 25.9. The molecule has 3 aromatic rings. The number of nitrogens with zero attached hydrogens (tertiary/aromatic N) is 2. The fourth-order valence-electron chi connectivity index (χ4n) is 4.27. The van der Waals surface area contributed by atoms with Gasteiger partial charge in [0.25, 0.3) is 0 Å². The number of benzene rings is 2. The van der Waals surface area contributed by atoms with Gasteiger partial charge in [-0.2, -0.15) is 13.2 Å². The molecular formula is C26H28F3N3O3S. The molecule has 0 bridgehead atoms. The van der Waals surface area contributed by atoms with E-state index in [-0.39, 0.29) is 11.0 Å². The lowest BCUT2D eigenvalue weighted by Gasteiger charge is -2.32. The third-order valence-electron chi connectivity index (χ3n) is 6.25. The van der Waals surface area contributed by atoms with Crippen molar-refractivity contribution in [3.63, 3.8) is 0 Å². The Bertz CT molecular complexity index is 1290. The standard InChI is InChI=1S/C26H28F3N3O3S/c1-18-2-9-25(36(30,33)34)23(14-18)24-8-5-20(15-31-24)17-35-22-10-12-32(13-11-22)16-19-3-6-21(7-4-19)26(27,28)29/h2-9,14-15,22H,10-13,16-17H2,1H3,(H2,30,33,34). The van der Waals surface area contributed by atoms with E-state index in [1.165, 1.54) is 18.2 Å². The van der Waals surface area contributed by atoms with Crippen molar-refractivity contribution in [2.24, 2.45) is 5.14 Å². The first-order chi connectivity index (χ1) is 17.0. The minimum atomic E-state index is -4.32. The highest BCUT2D eigenvalue weighted by molar-refractivity contribution is 7.89. The smallest absolute Gasteiger partial charge is 0.373 e. The average molecular weight is 520 g/mol. The molecule has 192 valence electrons. The van der Waals surface area contributed by atoms with Crippen LogP contribution in [0.3, 0.4) is 0 Å². The van der Waals surface area contributed by atoms with Gasteiger partial charge in [-0.25, -0.2) is 13.6 Å². The van der Waals surface area contributed by atoms with Crippen molar-refractivity contribution in [3.05, 3.63) is 83.0 Å². The molecule has 6 nitrogen and oxygen atoms in total. The van der Waals surface area contributed by atoms with Gasteiger partial charge >= 0.3 is 6.18 Å². The number of likely N-dealkylation sites (tertiary alicyclic amines) is 1. The zero-order valence-electron chi connectivity index (χ0n) is 19.8. The maximum atomic E-state index is 12.7. The molecule has 1 aliphatic heterocycles. The van der Waals surface area contributed by atoms with E-state index in [9.17, 15) is 21.6 Å². The Morgan fingerprint density at radius 1 is 1.03 bits per heavy atom. The summed E-state index contributed by atoms with van der Waals surface area (Å²) in [4.78, 5) is 6.68. The molecule has 4 rings (SSSR count). The molecule has 2 N–H and O–H groups in total. The molecular weight excluding hydrogens is 491 g/mol. The predicted octanol–water partition coefficient (Wildman–Crippen LogP) is 4.90. The van der Waals surface area contributed by atoms with E-state index in [0.29, 0.717) is 24.4 Å². The molecule has 0 radical (unpaired) electrons. The van der Waals surface area contributed by atoms with Crippen LogP contribution in [0.25, 0.3) is 11.3 Å². The van der Waals surface area contributed by atoms with Crippen LogP contribution >= 0.6 is 0 Å². The van der Waals surface area contributed by atoms with Crippen LogP contribution in [-0.2, 0) is 34.1 Å². The minimum Gasteiger partial charge on any atom is -0.373 e. The quantitative estimate of drug-likeness (QED) is 0.480. The van der Waals surface area contributed by atoms with Gasteiger partial charge < -0.3 is 4.74 Å². The van der Waals surface area contributed by atoms with Gasteiger partial charge in [-0.15, -0.1) is 0 Å². The summed E-state index contributed by atoms with van der Waals surface area (Å²) in [7, 11) is -3.88. The lowest BCUT2D eigenvalue weighted by Crippen LogP contribution is -2.36. The number of primary sulfonamides is 1. The lowest BCUT2D eigenvalue weighted by molar-refractivity contribution is -0.137. The summed E-state index contributed by atoms with van der Waals surface area (Å²) < 4.78 is 68.1. The number of piperidine rings is 1. The van der Waals surface area contributed by atoms with Gasteiger partial charge in [-0.05, 0) is 61.2 Å². The Hall–Kier alpha value is -2.79. The van der Waals surface area contributed by atoms with Gasteiger partial charge in [0.2, 0.25) is 10.0 Å². The molecule has 1 aromatic heterocycles. The minimum absolute atomic E-state index is 0.0349. The van der Waals surface area contributed by atoms with Crippen LogP contribution in [0.5, 0.6) is 0 Å². The lowest BCUT2D eigenvalue weighted by atomic mass is 10.1. The van der Waals surface area contributed by atoms with Crippen LogP contribution in [0.2, 0.25) is 0 Å². The molecule has 2 aromatic carbocycles. The molecule has 0 saturated carbocycles. The van der Waals surface area contributed by atoms with Crippen molar-refractivity contribution in [3.8, 4) is 11.3 Å². The highest BCUT2D eigenvalue weighted by atomic mass is 32.2. The maximum absolute atomic E-state index is 12.7. The summed E-state index contributed by atoms with van der Waals surface area (Å²) in [6.07, 6.45) is -0.914. The predicted molar refractivity (Wildman–Crippen MR) is 130 cm³/mol. The molecule has 0 spiro atoms. The van der Waals surface area contributed by atoms with Crippen molar-refractivity contribution in [1.82, 2.24) is 9.88 Å². The van der Waals surface area contributed by atoms with E-state index in [4.69, 9.17) is 9.88 Å². The van der Waals surface area contributed by atoms with Gasteiger partial charge in [-0.1, -0.05) is 29.8 Å². The third-order valence-corrected chi connectivity index (χ3v) is 7.22. The summed E-state index contributed by atoms with van der Waals surface area (Å²) in [5, 5.41) is 5.36. The molecule has 36 heavy (non-hydrogen) atoms. The number of hydrogen-bond acceptors (Lipinski definition) is 5. The Balaban J connectivity index is 1.28. The molecule has 1 aliphatic rings. The summed E-state index contributed by atoms with van der Waals surface area (Å²) in [6.45, 7) is 4.45. The van der Waals surface area contributed by atoms with Crippen molar-refractivity contribution in [2.75, 3.05) is 13.1 Å². The van der Waals surface area contributed by atoms with Crippen molar-refractivity contribution >= 4 is 10.0 Å². The molecule has 0 amide bonds. The van der Waals surface area contributed by atoms with Crippen LogP contribution in [0.4, 0.5) is 13.2 Å². The molecule has 1 saturated heterocycles. The van der Waals surface area contributed by atoms with E-state index in [1.54, 1.807) is 24.4 Å². The monoisotopic (exact) mass is 519 g/mol. The number of alkyl halides is 3. The largest absolute Gasteiger partial charge is 0.416 e. The van der Waals surface area contributed by atoms with Crippen LogP contribution < -0.4 is 5.14 Å². The number of nitrogens with two attached hydrogens (primary N) is 1. The normalized spacial score (nSPS) is 15.8. The van der Waals surface area contributed by atoms with Crippen LogP contribution in [0.1, 0.15) is 35.1 Å². The Morgan fingerprint density at radius 2 is 1.69 bits per heavy atom. The van der Waals surface area contributed by atoms with Crippen molar-refractivity contribution in [1.29, 1.82) is 0 Å². The van der Waals surface area contributed by atoms with Gasteiger partial charge in [0.15, 0.2) is 0 Å². The van der Waals surface area contributed by atoms with Gasteiger partial charge in [0, 0.05) is 31.4 Å². The third kappa shape index (κ3) is 6.70. The number of aryl methyl sites for hydroxylation is 1. The summed E-state index contributed by atoms with van der Waals surface area (Å²) in [5.41, 5.74) is 2.97. The number of hydrogen-bond donors (Lipinski definition) is 1. The van der Waals surface area contributed by atoms with E-state index in [1.807, 2.05) is 13.0 Å². The van der Waals surface area contributed by atoms with Gasteiger partial charge in [0.05, 0.1) is 28.9 Å². The Labute approximate surface area is 209 Å². The summed E-state index contributed by atoms with van der Waals surface area (Å²) in [6, 6.07) is 13.9. The second-order valence-electron chi connectivity index (χ2n) is 9.08. The van der Waals surface area contributed by atoms with Crippen LogP contribution in [0.15, 0.2) is 65.7 Å². The van der Waals surface area contributed by atoms with Crippen molar-refractivity contribution < 1.29 is 26.3 Å². The topological polar surface area (TPSA) is 85.5 Å². The number of pyridine rings is 1. The second kappa shape index (κ2) is 10.7. The Kier molecular flexibility index (Phi) is 7.79. The fraction of sp³-hybridized carbons (Fsp3) is 0.346. The second-order valence-corrected chi connectivity index (χ2v) is 10.6. The molecule has 1 fully saturated rings. The molecule has 0 unspecified atom stereocenters. The SMILES string of the molecule is Cc1ccc(S(N)(=O)=O)c(-c2ccc(COC3CCN(Cc4ccc(C(F)(F)F)cc4)CC3)cn2)c1. The fourth-order valence-corrected chi connectivity index (χ4v) is 4.99.